The van der Waals surface area contributed by atoms with Crippen LogP contribution in [0.1, 0.15) is 32.3 Å². The first-order valence-corrected chi connectivity index (χ1v) is 10.9. The molecule has 1 unspecified atom stereocenters. The van der Waals surface area contributed by atoms with E-state index >= 15 is 0 Å². The van der Waals surface area contributed by atoms with Gasteiger partial charge in [-0.3, -0.25) is 9.80 Å². The maximum Gasteiger partial charge on any atom is 0.315 e. The highest BCUT2D eigenvalue weighted by molar-refractivity contribution is 5.74. The standard InChI is InChI=1S/C22H34F2N4O2/c1-16(2)13-28-9-10-30-19(15-28)12-25-22(29)26-18-5-7-27(8-6-18)14-17-3-4-20(23)21(24)11-17/h3-4,11,16,18-19H,5-10,12-15H2,1-2H3,(H2,25,26,29). The molecule has 3 rings (SSSR count). The van der Waals surface area contributed by atoms with Crippen LogP contribution in [0.5, 0.6) is 0 Å². The molecule has 2 aliphatic heterocycles. The fourth-order valence-electron chi connectivity index (χ4n) is 4.16. The van der Waals surface area contributed by atoms with Gasteiger partial charge in [0.1, 0.15) is 0 Å². The molecule has 2 N–H and O–H groups in total. The van der Waals surface area contributed by atoms with Gasteiger partial charge < -0.3 is 15.4 Å². The second-order valence-electron chi connectivity index (χ2n) is 8.80. The van der Waals surface area contributed by atoms with Gasteiger partial charge in [0.2, 0.25) is 0 Å². The molecule has 0 saturated carbocycles. The number of benzene rings is 1. The third kappa shape index (κ3) is 7.18. The molecule has 0 aromatic heterocycles. The van der Waals surface area contributed by atoms with Gasteiger partial charge in [-0.15, -0.1) is 0 Å². The number of carbonyl (C=O) groups is 1. The molecule has 0 aliphatic carbocycles. The Labute approximate surface area is 177 Å². The van der Waals surface area contributed by atoms with Crippen LogP contribution in [0, 0.1) is 17.6 Å². The molecule has 2 fully saturated rings. The lowest BCUT2D eigenvalue weighted by molar-refractivity contribution is -0.0290. The largest absolute Gasteiger partial charge is 0.374 e. The van der Waals surface area contributed by atoms with Crippen LogP contribution in [0.2, 0.25) is 0 Å². The van der Waals surface area contributed by atoms with E-state index < -0.39 is 11.6 Å². The number of amides is 2. The van der Waals surface area contributed by atoms with E-state index in [1.54, 1.807) is 6.07 Å². The van der Waals surface area contributed by atoms with E-state index in [1.807, 2.05) is 0 Å². The van der Waals surface area contributed by atoms with Crippen LogP contribution in [-0.2, 0) is 11.3 Å². The second kappa shape index (κ2) is 11.0. The predicted molar refractivity (Wildman–Crippen MR) is 112 cm³/mol. The lowest BCUT2D eigenvalue weighted by Gasteiger charge is -2.34. The first kappa shape index (κ1) is 22.9. The summed E-state index contributed by atoms with van der Waals surface area (Å²) < 4.78 is 32.2. The van der Waals surface area contributed by atoms with E-state index in [-0.39, 0.29) is 18.2 Å². The topological polar surface area (TPSA) is 56.8 Å². The number of ether oxygens (including phenoxy) is 1. The molecule has 0 radical (unpaired) electrons. The average Bonchev–Trinajstić information content (AvgIpc) is 2.70. The van der Waals surface area contributed by atoms with E-state index in [0.717, 1.165) is 51.1 Å². The first-order valence-electron chi connectivity index (χ1n) is 10.9. The maximum atomic E-state index is 13.4. The lowest BCUT2D eigenvalue weighted by Crippen LogP contribution is -2.52. The highest BCUT2D eigenvalue weighted by Gasteiger charge is 2.23. The molecule has 1 aromatic rings. The minimum absolute atomic E-state index is 0.0289. The first-order chi connectivity index (χ1) is 14.4. The highest BCUT2D eigenvalue weighted by atomic mass is 19.2. The van der Waals surface area contributed by atoms with Crippen molar-refractivity contribution in [3.05, 3.63) is 35.4 Å². The Morgan fingerprint density at radius 3 is 2.63 bits per heavy atom. The zero-order chi connectivity index (χ0) is 21.5. The number of nitrogens with one attached hydrogen (secondary N) is 2. The third-order valence-electron chi connectivity index (χ3n) is 5.65. The van der Waals surface area contributed by atoms with E-state index in [2.05, 4.69) is 34.3 Å². The van der Waals surface area contributed by atoms with Crippen molar-refractivity contribution in [2.24, 2.45) is 5.92 Å². The normalized spacial score (nSPS) is 21.7. The van der Waals surface area contributed by atoms with Crippen molar-refractivity contribution in [1.82, 2.24) is 20.4 Å². The molecule has 8 heteroatoms. The number of morpholine rings is 1. The Kier molecular flexibility index (Phi) is 8.41. The Hall–Kier alpha value is -1.77. The van der Waals surface area contributed by atoms with Gasteiger partial charge in [0, 0.05) is 51.9 Å². The molecule has 0 spiro atoms. The minimum atomic E-state index is -0.820. The third-order valence-corrected chi connectivity index (χ3v) is 5.65. The van der Waals surface area contributed by atoms with Gasteiger partial charge in [0.05, 0.1) is 12.7 Å². The molecular formula is C22H34F2N4O2. The Morgan fingerprint density at radius 2 is 1.93 bits per heavy atom. The number of piperidine rings is 1. The zero-order valence-corrected chi connectivity index (χ0v) is 18.0. The van der Waals surface area contributed by atoms with Crippen molar-refractivity contribution >= 4 is 6.03 Å². The number of carbonyl (C=O) groups excluding carboxylic acids is 1. The zero-order valence-electron chi connectivity index (χ0n) is 18.0. The summed E-state index contributed by atoms with van der Waals surface area (Å²) in [4.78, 5) is 16.9. The fourth-order valence-corrected chi connectivity index (χ4v) is 4.16. The lowest BCUT2D eigenvalue weighted by atomic mass is 10.0. The number of hydrogen-bond donors (Lipinski definition) is 2. The van der Waals surface area contributed by atoms with Crippen LogP contribution < -0.4 is 10.6 Å². The maximum absolute atomic E-state index is 13.4. The highest BCUT2D eigenvalue weighted by Crippen LogP contribution is 2.16. The summed E-state index contributed by atoms with van der Waals surface area (Å²) in [7, 11) is 0. The Morgan fingerprint density at radius 1 is 1.17 bits per heavy atom. The molecule has 2 aliphatic rings. The van der Waals surface area contributed by atoms with Crippen LogP contribution in [0.25, 0.3) is 0 Å². The number of halogens is 2. The van der Waals surface area contributed by atoms with Crippen LogP contribution in [0.15, 0.2) is 18.2 Å². The SMILES string of the molecule is CC(C)CN1CCOC(CNC(=O)NC2CCN(Cc3ccc(F)c(F)c3)CC2)C1. The van der Waals surface area contributed by atoms with Crippen molar-refractivity contribution in [2.45, 2.75) is 45.4 Å². The van der Waals surface area contributed by atoms with Gasteiger partial charge in [0.25, 0.3) is 0 Å². The molecule has 2 heterocycles. The minimum Gasteiger partial charge on any atom is -0.374 e. The van der Waals surface area contributed by atoms with Crippen molar-refractivity contribution < 1.29 is 18.3 Å². The molecular weight excluding hydrogens is 390 g/mol. The van der Waals surface area contributed by atoms with Crippen molar-refractivity contribution in [3.8, 4) is 0 Å². The summed E-state index contributed by atoms with van der Waals surface area (Å²) >= 11 is 0. The second-order valence-corrected chi connectivity index (χ2v) is 8.80. The Balaban J connectivity index is 1.33. The van der Waals surface area contributed by atoms with Gasteiger partial charge in [-0.1, -0.05) is 19.9 Å². The summed E-state index contributed by atoms with van der Waals surface area (Å²) in [5, 5.41) is 5.99. The molecule has 0 bridgehead atoms. The van der Waals surface area contributed by atoms with Gasteiger partial charge in [-0.25, -0.2) is 13.6 Å². The monoisotopic (exact) mass is 424 g/mol. The summed E-state index contributed by atoms with van der Waals surface area (Å²) in [6.07, 6.45) is 1.69. The van der Waals surface area contributed by atoms with Crippen LogP contribution in [-0.4, -0.2) is 73.9 Å². The van der Waals surface area contributed by atoms with E-state index in [4.69, 9.17) is 4.74 Å². The van der Waals surface area contributed by atoms with Gasteiger partial charge in [-0.05, 0) is 36.5 Å². The van der Waals surface area contributed by atoms with Crippen molar-refractivity contribution in [3.63, 3.8) is 0 Å². The van der Waals surface area contributed by atoms with Gasteiger partial charge in [-0.2, -0.15) is 0 Å². The predicted octanol–water partition coefficient (Wildman–Crippen LogP) is 2.59. The fraction of sp³-hybridized carbons (Fsp3) is 0.682. The number of likely N-dealkylation sites (tertiary alicyclic amines) is 1. The smallest absolute Gasteiger partial charge is 0.315 e. The number of rotatable bonds is 7. The van der Waals surface area contributed by atoms with Crippen molar-refractivity contribution in [1.29, 1.82) is 0 Å². The van der Waals surface area contributed by atoms with Gasteiger partial charge in [0.15, 0.2) is 11.6 Å². The molecule has 168 valence electrons. The van der Waals surface area contributed by atoms with Crippen LogP contribution in [0.3, 0.4) is 0 Å². The van der Waals surface area contributed by atoms with Gasteiger partial charge >= 0.3 is 6.03 Å². The molecule has 6 nitrogen and oxygen atoms in total. The summed E-state index contributed by atoms with van der Waals surface area (Å²) in [5.41, 5.74) is 0.761. The number of urea groups is 1. The summed E-state index contributed by atoms with van der Waals surface area (Å²) in [5.74, 6) is -1.01. The van der Waals surface area contributed by atoms with E-state index in [1.165, 1.54) is 12.1 Å². The summed E-state index contributed by atoms with van der Waals surface area (Å²) in [6, 6.07) is 4.00. The average molecular weight is 425 g/mol. The molecule has 2 saturated heterocycles. The van der Waals surface area contributed by atoms with E-state index in [0.29, 0.717) is 25.6 Å². The van der Waals surface area contributed by atoms with Crippen LogP contribution >= 0.6 is 0 Å². The van der Waals surface area contributed by atoms with Crippen molar-refractivity contribution in [2.75, 3.05) is 45.9 Å². The molecule has 1 atom stereocenters. The number of nitrogens with zero attached hydrogens (tertiary/aromatic N) is 2. The summed E-state index contributed by atoms with van der Waals surface area (Å²) in [6.45, 7) is 10.7. The molecule has 1 aromatic carbocycles. The number of hydrogen-bond acceptors (Lipinski definition) is 4. The Bertz CT molecular complexity index is 696. The molecule has 2 amide bonds. The van der Waals surface area contributed by atoms with E-state index in [9.17, 15) is 13.6 Å². The van der Waals surface area contributed by atoms with Crippen LogP contribution in [0.4, 0.5) is 13.6 Å². The quantitative estimate of drug-likeness (QED) is 0.707. The molecule has 30 heavy (non-hydrogen) atoms.